The fourth-order valence-electron chi connectivity index (χ4n) is 3.92. The highest BCUT2D eigenvalue weighted by Gasteiger charge is 2.64. The number of ketones is 1. The highest BCUT2D eigenvalue weighted by atomic mass is 16.6. The van der Waals surface area contributed by atoms with Gasteiger partial charge in [-0.3, -0.25) is 4.79 Å². The molecule has 0 aromatic carbocycles. The highest BCUT2D eigenvalue weighted by Crippen LogP contribution is 2.57. The van der Waals surface area contributed by atoms with Gasteiger partial charge in [0.2, 0.25) is 0 Å². The van der Waals surface area contributed by atoms with Crippen LogP contribution in [0.1, 0.15) is 26.7 Å². The number of rotatable bonds is 0. The first-order valence-corrected chi connectivity index (χ1v) is 6.73. The van der Waals surface area contributed by atoms with Crippen molar-refractivity contribution in [3.63, 3.8) is 0 Å². The average molecular weight is 278 g/mol. The maximum absolute atomic E-state index is 11.9. The van der Waals surface area contributed by atoms with E-state index >= 15 is 0 Å². The van der Waals surface area contributed by atoms with Gasteiger partial charge < -0.3 is 14.9 Å². The number of esters is 1. The summed E-state index contributed by atoms with van der Waals surface area (Å²) in [4.78, 5) is 23.5. The number of hydrogen-bond donors (Lipinski definition) is 2. The van der Waals surface area contributed by atoms with Crippen LogP contribution in [0.15, 0.2) is 23.8 Å². The van der Waals surface area contributed by atoms with Crippen LogP contribution in [-0.4, -0.2) is 39.8 Å². The molecule has 3 rings (SSSR count). The Balaban J connectivity index is 2.10. The van der Waals surface area contributed by atoms with Crippen LogP contribution in [0.4, 0.5) is 0 Å². The first-order valence-electron chi connectivity index (χ1n) is 6.73. The van der Waals surface area contributed by atoms with Gasteiger partial charge in [-0.25, -0.2) is 4.79 Å². The van der Waals surface area contributed by atoms with Gasteiger partial charge in [0.15, 0.2) is 5.78 Å². The lowest BCUT2D eigenvalue weighted by molar-refractivity contribution is -0.182. The standard InChI is InChI=1S/C15H18O5/c1-7-4-10(16)12(17)14(3)6-11-9(5-15(7,14)19)8(2)13(18)20-11/h4,9,11-12,17,19H,2,5-6H2,1,3H3. The molecule has 5 nitrogen and oxygen atoms in total. The summed E-state index contributed by atoms with van der Waals surface area (Å²) in [6, 6.07) is 0. The van der Waals surface area contributed by atoms with E-state index in [1.165, 1.54) is 6.08 Å². The number of carbonyl (C=O) groups excluding carboxylic acids is 2. The molecule has 2 aliphatic carbocycles. The monoisotopic (exact) mass is 278 g/mol. The van der Waals surface area contributed by atoms with E-state index < -0.39 is 35.0 Å². The van der Waals surface area contributed by atoms with Crippen LogP contribution >= 0.6 is 0 Å². The molecule has 3 aliphatic rings. The van der Waals surface area contributed by atoms with Gasteiger partial charge in [-0.15, -0.1) is 0 Å². The van der Waals surface area contributed by atoms with E-state index in [4.69, 9.17) is 4.74 Å². The minimum Gasteiger partial charge on any atom is -0.458 e. The Labute approximate surface area is 116 Å². The predicted molar refractivity (Wildman–Crippen MR) is 69.6 cm³/mol. The lowest BCUT2D eigenvalue weighted by Gasteiger charge is -2.55. The molecule has 1 saturated carbocycles. The van der Waals surface area contributed by atoms with E-state index in [2.05, 4.69) is 6.58 Å². The third-order valence-corrected chi connectivity index (χ3v) is 5.39. The molecule has 1 saturated heterocycles. The third-order valence-electron chi connectivity index (χ3n) is 5.39. The number of fused-ring (bicyclic) bond motifs is 2. The van der Waals surface area contributed by atoms with Gasteiger partial charge in [0, 0.05) is 16.9 Å². The summed E-state index contributed by atoms with van der Waals surface area (Å²) < 4.78 is 5.26. The van der Waals surface area contributed by atoms with E-state index in [9.17, 15) is 19.8 Å². The molecule has 2 fully saturated rings. The topological polar surface area (TPSA) is 83.8 Å². The van der Waals surface area contributed by atoms with Crippen LogP contribution in [0.3, 0.4) is 0 Å². The quantitative estimate of drug-likeness (QED) is 0.498. The van der Waals surface area contributed by atoms with Crippen LogP contribution in [0.25, 0.3) is 0 Å². The molecule has 0 bridgehead atoms. The number of aliphatic hydroxyl groups excluding tert-OH is 1. The molecule has 0 aromatic heterocycles. The molecule has 5 atom stereocenters. The SMILES string of the molecule is C=C1C(=O)OC2CC3(C)C(O)C(=O)C=C(C)C3(O)CC12. The second-order valence-electron chi connectivity index (χ2n) is 6.39. The zero-order chi connectivity index (χ0) is 14.9. The van der Waals surface area contributed by atoms with Crippen molar-refractivity contribution < 1.29 is 24.5 Å². The fourth-order valence-corrected chi connectivity index (χ4v) is 3.92. The minimum atomic E-state index is -1.32. The summed E-state index contributed by atoms with van der Waals surface area (Å²) in [6.07, 6.45) is 0.0774. The Morgan fingerprint density at radius 2 is 2.05 bits per heavy atom. The maximum atomic E-state index is 11.9. The van der Waals surface area contributed by atoms with Gasteiger partial charge in [-0.2, -0.15) is 0 Å². The molecule has 20 heavy (non-hydrogen) atoms. The van der Waals surface area contributed by atoms with Crippen molar-refractivity contribution in [2.24, 2.45) is 11.3 Å². The van der Waals surface area contributed by atoms with Gasteiger partial charge in [0.05, 0.1) is 5.60 Å². The Kier molecular flexibility index (Phi) is 2.57. The number of carbonyl (C=O) groups is 2. The van der Waals surface area contributed by atoms with Gasteiger partial charge in [0.1, 0.15) is 12.2 Å². The lowest BCUT2D eigenvalue weighted by atomic mass is 9.52. The third kappa shape index (κ3) is 1.39. The maximum Gasteiger partial charge on any atom is 0.334 e. The molecular formula is C15H18O5. The van der Waals surface area contributed by atoms with Gasteiger partial charge in [0.25, 0.3) is 0 Å². The Bertz CT molecular complexity index is 563. The molecule has 1 aliphatic heterocycles. The van der Waals surface area contributed by atoms with Crippen molar-refractivity contribution >= 4 is 11.8 Å². The molecule has 1 heterocycles. The van der Waals surface area contributed by atoms with Crippen molar-refractivity contribution in [2.45, 2.75) is 44.5 Å². The van der Waals surface area contributed by atoms with E-state index in [0.29, 0.717) is 11.1 Å². The Morgan fingerprint density at radius 1 is 1.40 bits per heavy atom. The molecule has 0 radical (unpaired) electrons. The van der Waals surface area contributed by atoms with E-state index in [0.717, 1.165) is 0 Å². The molecular weight excluding hydrogens is 260 g/mol. The van der Waals surface area contributed by atoms with E-state index in [1.807, 2.05) is 0 Å². The van der Waals surface area contributed by atoms with Crippen molar-refractivity contribution in [3.05, 3.63) is 23.8 Å². The summed E-state index contributed by atoms with van der Waals surface area (Å²) in [5.74, 6) is -1.12. The van der Waals surface area contributed by atoms with Crippen molar-refractivity contribution in [1.82, 2.24) is 0 Å². The second-order valence-corrected chi connectivity index (χ2v) is 6.39. The van der Waals surface area contributed by atoms with Crippen molar-refractivity contribution in [2.75, 3.05) is 0 Å². The normalized spacial score (nSPS) is 47.5. The molecule has 2 N–H and O–H groups in total. The van der Waals surface area contributed by atoms with Crippen LogP contribution < -0.4 is 0 Å². The number of ether oxygens (including phenoxy) is 1. The zero-order valence-electron chi connectivity index (χ0n) is 11.5. The lowest BCUT2D eigenvalue weighted by Crippen LogP contribution is -2.64. The Hall–Kier alpha value is -1.46. The van der Waals surface area contributed by atoms with Crippen molar-refractivity contribution in [3.8, 4) is 0 Å². The first-order chi connectivity index (χ1) is 9.20. The summed E-state index contributed by atoms with van der Waals surface area (Å²) >= 11 is 0. The van der Waals surface area contributed by atoms with Crippen molar-refractivity contribution in [1.29, 1.82) is 0 Å². The van der Waals surface area contributed by atoms with E-state index in [1.54, 1.807) is 13.8 Å². The molecule has 0 aromatic rings. The van der Waals surface area contributed by atoms with Crippen LogP contribution in [-0.2, 0) is 14.3 Å². The number of hydrogen-bond acceptors (Lipinski definition) is 5. The minimum absolute atomic E-state index is 0.241. The summed E-state index contributed by atoms with van der Waals surface area (Å²) in [5, 5.41) is 21.3. The second kappa shape index (κ2) is 3.80. The summed E-state index contributed by atoms with van der Waals surface area (Å²) in [6.45, 7) is 7.10. The highest BCUT2D eigenvalue weighted by molar-refractivity contribution is 5.97. The molecule has 108 valence electrons. The first kappa shape index (κ1) is 13.5. The Morgan fingerprint density at radius 3 is 2.70 bits per heavy atom. The molecule has 0 spiro atoms. The molecule has 5 unspecified atom stereocenters. The molecule has 0 amide bonds. The summed E-state index contributed by atoms with van der Waals surface area (Å²) in [5.41, 5.74) is -1.47. The zero-order valence-corrected chi connectivity index (χ0v) is 11.5. The molecule has 5 heteroatoms. The van der Waals surface area contributed by atoms with Gasteiger partial charge in [-0.05, 0) is 31.4 Å². The fraction of sp³-hybridized carbons (Fsp3) is 0.600. The van der Waals surface area contributed by atoms with Crippen LogP contribution in [0.5, 0.6) is 0 Å². The van der Waals surface area contributed by atoms with Crippen LogP contribution in [0, 0.1) is 11.3 Å². The van der Waals surface area contributed by atoms with Gasteiger partial charge >= 0.3 is 5.97 Å². The van der Waals surface area contributed by atoms with Crippen LogP contribution in [0.2, 0.25) is 0 Å². The average Bonchev–Trinajstić information content (AvgIpc) is 2.63. The van der Waals surface area contributed by atoms with E-state index in [-0.39, 0.29) is 18.8 Å². The number of aliphatic hydroxyl groups is 2. The predicted octanol–water partition coefficient (Wildman–Crippen LogP) is 0.505. The van der Waals surface area contributed by atoms with Gasteiger partial charge in [-0.1, -0.05) is 13.5 Å². The smallest absolute Gasteiger partial charge is 0.334 e. The summed E-state index contributed by atoms with van der Waals surface area (Å²) in [7, 11) is 0. The largest absolute Gasteiger partial charge is 0.458 e.